The number of hydrogen-bond acceptors (Lipinski definition) is 3. The molecule has 100 valence electrons. The lowest BCUT2D eigenvalue weighted by Gasteiger charge is -2.19. The van der Waals surface area contributed by atoms with Crippen molar-refractivity contribution in [1.29, 1.82) is 0 Å². The third-order valence-corrected chi connectivity index (χ3v) is 3.69. The second-order valence-corrected chi connectivity index (χ2v) is 4.98. The van der Waals surface area contributed by atoms with Crippen molar-refractivity contribution < 1.29 is 19.4 Å². The van der Waals surface area contributed by atoms with E-state index in [9.17, 15) is 9.59 Å². The molecule has 19 heavy (non-hydrogen) atoms. The minimum Gasteiger partial charge on any atom is -0.478 e. The van der Waals surface area contributed by atoms with Crippen molar-refractivity contribution in [3.05, 3.63) is 34.9 Å². The van der Waals surface area contributed by atoms with Crippen molar-refractivity contribution >= 4 is 11.9 Å². The quantitative estimate of drug-likeness (QED) is 0.874. The van der Waals surface area contributed by atoms with E-state index >= 15 is 0 Å². The fraction of sp³-hybridized carbons (Fsp3) is 0.429. The maximum Gasteiger partial charge on any atom is 0.335 e. The molecule has 1 aromatic carbocycles. The highest BCUT2D eigenvalue weighted by atomic mass is 16.5. The van der Waals surface area contributed by atoms with Gasteiger partial charge in [0.25, 0.3) is 5.91 Å². The number of benzene rings is 1. The van der Waals surface area contributed by atoms with Gasteiger partial charge in [-0.2, -0.15) is 0 Å². The SMILES string of the molecule is O=C(O)c1ccc2c(c1)CN(C(=O)C1CCCO1)C2. The van der Waals surface area contributed by atoms with Crippen molar-refractivity contribution in [3.63, 3.8) is 0 Å². The predicted octanol–water partition coefficient (Wildman–Crippen LogP) is 1.41. The van der Waals surface area contributed by atoms with Crippen molar-refractivity contribution in [2.75, 3.05) is 6.61 Å². The molecule has 0 spiro atoms. The maximum atomic E-state index is 12.2. The highest BCUT2D eigenvalue weighted by Gasteiger charge is 2.31. The van der Waals surface area contributed by atoms with Crippen LogP contribution >= 0.6 is 0 Å². The van der Waals surface area contributed by atoms with Gasteiger partial charge in [0.15, 0.2) is 0 Å². The van der Waals surface area contributed by atoms with Crippen LogP contribution in [0, 0.1) is 0 Å². The summed E-state index contributed by atoms with van der Waals surface area (Å²) < 4.78 is 5.40. The summed E-state index contributed by atoms with van der Waals surface area (Å²) in [5.74, 6) is -0.919. The van der Waals surface area contributed by atoms with E-state index in [4.69, 9.17) is 9.84 Å². The fourth-order valence-electron chi connectivity index (χ4n) is 2.66. The second-order valence-electron chi connectivity index (χ2n) is 4.98. The van der Waals surface area contributed by atoms with Crippen LogP contribution in [-0.2, 0) is 22.6 Å². The molecule has 1 aromatic rings. The molecule has 0 bridgehead atoms. The van der Waals surface area contributed by atoms with Crippen molar-refractivity contribution in [1.82, 2.24) is 4.90 Å². The molecule has 1 amide bonds. The molecule has 0 saturated carbocycles. The third-order valence-electron chi connectivity index (χ3n) is 3.69. The van der Waals surface area contributed by atoms with Crippen molar-refractivity contribution in [3.8, 4) is 0 Å². The first-order chi connectivity index (χ1) is 9.15. The Bertz CT molecular complexity index is 534. The number of fused-ring (bicyclic) bond motifs is 1. The second kappa shape index (κ2) is 4.66. The van der Waals surface area contributed by atoms with E-state index in [2.05, 4.69) is 0 Å². The first kappa shape index (κ1) is 12.2. The fourth-order valence-corrected chi connectivity index (χ4v) is 2.66. The van der Waals surface area contributed by atoms with Crippen LogP contribution in [0.5, 0.6) is 0 Å². The van der Waals surface area contributed by atoms with Gasteiger partial charge in [-0.1, -0.05) is 6.07 Å². The van der Waals surface area contributed by atoms with Crippen LogP contribution in [0.4, 0.5) is 0 Å². The van der Waals surface area contributed by atoms with E-state index in [0.717, 1.165) is 24.0 Å². The van der Waals surface area contributed by atoms with Crippen LogP contribution in [0.3, 0.4) is 0 Å². The van der Waals surface area contributed by atoms with E-state index in [1.807, 2.05) is 0 Å². The van der Waals surface area contributed by atoms with E-state index in [-0.39, 0.29) is 17.6 Å². The topological polar surface area (TPSA) is 66.8 Å². The lowest BCUT2D eigenvalue weighted by molar-refractivity contribution is -0.141. The Hall–Kier alpha value is -1.88. The highest BCUT2D eigenvalue weighted by Crippen LogP contribution is 2.26. The van der Waals surface area contributed by atoms with Crippen molar-refractivity contribution in [2.24, 2.45) is 0 Å². The number of carbonyl (C=O) groups is 2. The Labute approximate surface area is 110 Å². The van der Waals surface area contributed by atoms with Crippen LogP contribution in [0.1, 0.15) is 34.3 Å². The van der Waals surface area contributed by atoms with Crippen LogP contribution in [0.2, 0.25) is 0 Å². The van der Waals surface area contributed by atoms with Crippen LogP contribution in [0.15, 0.2) is 18.2 Å². The first-order valence-corrected chi connectivity index (χ1v) is 6.40. The lowest BCUT2D eigenvalue weighted by atomic mass is 10.1. The number of carboxylic acids is 1. The molecule has 5 nitrogen and oxygen atoms in total. The molecule has 1 N–H and O–H groups in total. The van der Waals surface area contributed by atoms with Gasteiger partial charge in [-0.25, -0.2) is 4.79 Å². The molecule has 2 heterocycles. The smallest absolute Gasteiger partial charge is 0.335 e. The zero-order chi connectivity index (χ0) is 13.4. The molecule has 1 saturated heterocycles. The average molecular weight is 261 g/mol. The average Bonchev–Trinajstić information content (AvgIpc) is 3.06. The van der Waals surface area contributed by atoms with Crippen LogP contribution in [0.25, 0.3) is 0 Å². The molecule has 0 aliphatic carbocycles. The largest absolute Gasteiger partial charge is 0.478 e. The molecule has 2 aliphatic heterocycles. The van der Waals surface area contributed by atoms with Gasteiger partial charge >= 0.3 is 5.97 Å². The summed E-state index contributed by atoms with van der Waals surface area (Å²) in [7, 11) is 0. The van der Waals surface area contributed by atoms with Gasteiger partial charge in [-0.3, -0.25) is 4.79 Å². The van der Waals surface area contributed by atoms with Crippen LogP contribution < -0.4 is 0 Å². The summed E-state index contributed by atoms with van der Waals surface area (Å²) in [4.78, 5) is 24.9. The van der Waals surface area contributed by atoms with Crippen LogP contribution in [-0.4, -0.2) is 34.6 Å². The number of carbonyl (C=O) groups excluding carboxylic acids is 1. The number of nitrogens with zero attached hydrogens (tertiary/aromatic N) is 1. The third kappa shape index (κ3) is 2.21. The molecule has 1 atom stereocenters. The van der Waals surface area contributed by atoms with E-state index in [1.165, 1.54) is 0 Å². The monoisotopic (exact) mass is 261 g/mol. The van der Waals surface area contributed by atoms with Gasteiger partial charge in [0, 0.05) is 19.7 Å². The molecule has 0 radical (unpaired) electrons. The summed E-state index contributed by atoms with van der Waals surface area (Å²) in [6.07, 6.45) is 1.40. The van der Waals surface area contributed by atoms with Gasteiger partial charge < -0.3 is 14.7 Å². The Morgan fingerprint density at radius 2 is 2.05 bits per heavy atom. The van der Waals surface area contributed by atoms with Gasteiger partial charge in [0.2, 0.25) is 0 Å². The molecule has 0 aromatic heterocycles. The first-order valence-electron chi connectivity index (χ1n) is 6.40. The lowest BCUT2D eigenvalue weighted by Crippen LogP contribution is -2.35. The summed E-state index contributed by atoms with van der Waals surface area (Å²) >= 11 is 0. The van der Waals surface area contributed by atoms with Gasteiger partial charge in [-0.05, 0) is 36.1 Å². The van der Waals surface area contributed by atoms with Gasteiger partial charge in [-0.15, -0.1) is 0 Å². The number of amides is 1. The Kier molecular flexibility index (Phi) is 2.98. The van der Waals surface area contributed by atoms with E-state index in [1.54, 1.807) is 23.1 Å². The van der Waals surface area contributed by atoms with Gasteiger partial charge in [0.1, 0.15) is 6.10 Å². The summed E-state index contributed by atoms with van der Waals surface area (Å²) in [5.41, 5.74) is 2.22. The minimum atomic E-state index is -0.938. The standard InChI is InChI=1S/C14H15NO4/c16-13(12-2-1-5-19-12)15-7-10-4-3-9(14(17)18)6-11(10)8-15/h3-4,6,12H,1-2,5,7-8H2,(H,17,18). The number of rotatable bonds is 2. The molecule has 5 heteroatoms. The minimum absolute atomic E-state index is 0.0191. The van der Waals surface area contributed by atoms with Crippen molar-refractivity contribution in [2.45, 2.75) is 32.0 Å². The number of ether oxygens (including phenoxy) is 1. The molecule has 1 fully saturated rings. The normalized spacial score (nSPS) is 21.5. The van der Waals surface area contributed by atoms with E-state index in [0.29, 0.717) is 19.7 Å². The Morgan fingerprint density at radius 1 is 1.26 bits per heavy atom. The van der Waals surface area contributed by atoms with Gasteiger partial charge in [0.05, 0.1) is 5.56 Å². The highest BCUT2D eigenvalue weighted by molar-refractivity contribution is 5.88. The molecule has 3 rings (SSSR count). The number of carboxylic acid groups (broad SMARTS) is 1. The number of aromatic carboxylic acids is 1. The molecule has 2 aliphatic rings. The zero-order valence-electron chi connectivity index (χ0n) is 10.5. The summed E-state index contributed by atoms with van der Waals surface area (Å²) in [6.45, 7) is 1.68. The zero-order valence-corrected chi connectivity index (χ0v) is 10.5. The van der Waals surface area contributed by atoms with E-state index < -0.39 is 5.97 Å². The summed E-state index contributed by atoms with van der Waals surface area (Å²) in [6, 6.07) is 5.03. The maximum absolute atomic E-state index is 12.2. The molecular weight excluding hydrogens is 246 g/mol. The molecule has 1 unspecified atom stereocenters. The predicted molar refractivity (Wildman–Crippen MR) is 66.6 cm³/mol. The molecular formula is C14H15NO4. The Balaban J connectivity index is 1.76. The number of hydrogen-bond donors (Lipinski definition) is 1. The summed E-state index contributed by atoms with van der Waals surface area (Å²) in [5, 5.41) is 8.96. The Morgan fingerprint density at radius 3 is 2.74 bits per heavy atom.